The molecule has 0 radical (unpaired) electrons. The van der Waals surface area contributed by atoms with Crippen LogP contribution < -0.4 is 5.32 Å². The fourth-order valence-electron chi connectivity index (χ4n) is 1.53. The number of nitriles is 1. The van der Waals surface area contributed by atoms with Crippen LogP contribution in [0.25, 0.3) is 0 Å². The molecule has 4 heteroatoms. The molecular formula is C13H25N3O. The van der Waals surface area contributed by atoms with E-state index in [4.69, 9.17) is 5.26 Å². The van der Waals surface area contributed by atoms with Crippen LogP contribution in [0.2, 0.25) is 0 Å². The van der Waals surface area contributed by atoms with E-state index >= 15 is 0 Å². The molecule has 1 amide bonds. The van der Waals surface area contributed by atoms with Gasteiger partial charge in [0.1, 0.15) is 0 Å². The molecule has 0 aromatic heterocycles. The van der Waals surface area contributed by atoms with Crippen molar-refractivity contribution in [2.75, 3.05) is 13.1 Å². The summed E-state index contributed by atoms with van der Waals surface area (Å²) in [5, 5.41) is 11.9. The number of amides is 1. The Morgan fingerprint density at radius 1 is 1.41 bits per heavy atom. The van der Waals surface area contributed by atoms with Gasteiger partial charge in [-0.2, -0.15) is 5.26 Å². The number of carbonyl (C=O) groups excluding carboxylic acids is 1. The summed E-state index contributed by atoms with van der Waals surface area (Å²) in [5.74, 6) is 0.118. The highest BCUT2D eigenvalue weighted by molar-refractivity contribution is 5.76. The van der Waals surface area contributed by atoms with Gasteiger partial charge < -0.3 is 10.2 Å². The minimum atomic E-state index is 0.0373. The lowest BCUT2D eigenvalue weighted by Crippen LogP contribution is -2.42. The zero-order valence-corrected chi connectivity index (χ0v) is 11.7. The van der Waals surface area contributed by atoms with Crippen LogP contribution in [0.4, 0.5) is 0 Å². The number of rotatable bonds is 6. The molecule has 4 nitrogen and oxygen atoms in total. The molecule has 0 aliphatic carbocycles. The number of hydrogen-bond donors (Lipinski definition) is 1. The summed E-state index contributed by atoms with van der Waals surface area (Å²) in [7, 11) is 0. The maximum Gasteiger partial charge on any atom is 0.224 e. The van der Waals surface area contributed by atoms with Gasteiger partial charge >= 0.3 is 0 Å². The highest BCUT2D eigenvalue weighted by atomic mass is 16.2. The van der Waals surface area contributed by atoms with Crippen LogP contribution in [0.3, 0.4) is 0 Å². The van der Waals surface area contributed by atoms with Crippen molar-refractivity contribution in [2.45, 2.75) is 59.0 Å². The van der Waals surface area contributed by atoms with E-state index in [2.05, 4.69) is 32.2 Å². The van der Waals surface area contributed by atoms with Crippen LogP contribution in [0.5, 0.6) is 0 Å². The van der Waals surface area contributed by atoms with Crippen LogP contribution in [0.1, 0.15) is 47.5 Å². The van der Waals surface area contributed by atoms with Crippen LogP contribution in [-0.2, 0) is 4.79 Å². The van der Waals surface area contributed by atoms with Gasteiger partial charge in [-0.1, -0.05) is 0 Å². The molecule has 0 aromatic carbocycles. The molecule has 0 fully saturated rings. The molecule has 98 valence electrons. The van der Waals surface area contributed by atoms with Crippen LogP contribution in [0, 0.1) is 11.3 Å². The van der Waals surface area contributed by atoms with Gasteiger partial charge in [-0.15, -0.1) is 0 Å². The Labute approximate surface area is 105 Å². The summed E-state index contributed by atoms with van der Waals surface area (Å²) < 4.78 is 0. The maximum absolute atomic E-state index is 12.0. The van der Waals surface area contributed by atoms with Crippen molar-refractivity contribution in [1.29, 1.82) is 5.26 Å². The van der Waals surface area contributed by atoms with E-state index in [0.717, 1.165) is 0 Å². The molecule has 0 bridgehead atoms. The average molecular weight is 239 g/mol. The molecular weight excluding hydrogens is 214 g/mol. The lowest BCUT2D eigenvalue weighted by molar-refractivity contribution is -0.132. The molecule has 0 rings (SSSR count). The smallest absolute Gasteiger partial charge is 0.224 e. The molecule has 0 aromatic rings. The molecule has 0 heterocycles. The molecule has 0 aliphatic heterocycles. The maximum atomic E-state index is 12.0. The highest BCUT2D eigenvalue weighted by Gasteiger charge is 2.17. The molecule has 0 atom stereocenters. The quantitative estimate of drug-likeness (QED) is 0.770. The molecule has 0 saturated carbocycles. The van der Waals surface area contributed by atoms with Gasteiger partial charge in [-0.05, 0) is 34.6 Å². The molecule has 0 aliphatic rings. The van der Waals surface area contributed by atoms with Crippen molar-refractivity contribution in [1.82, 2.24) is 10.2 Å². The average Bonchev–Trinajstić information content (AvgIpc) is 2.15. The second kappa shape index (κ2) is 7.29. The van der Waals surface area contributed by atoms with E-state index < -0.39 is 0 Å². The van der Waals surface area contributed by atoms with Gasteiger partial charge in [-0.25, -0.2) is 0 Å². The highest BCUT2D eigenvalue weighted by Crippen LogP contribution is 2.04. The van der Waals surface area contributed by atoms with E-state index in [-0.39, 0.29) is 17.5 Å². The third kappa shape index (κ3) is 7.76. The SMILES string of the molecule is CC(C)N(CCC#N)C(=O)CCNC(C)(C)C. The van der Waals surface area contributed by atoms with Crippen molar-refractivity contribution >= 4 is 5.91 Å². The lowest BCUT2D eigenvalue weighted by atomic mass is 10.1. The first-order valence-electron chi connectivity index (χ1n) is 6.19. The molecule has 0 saturated heterocycles. The van der Waals surface area contributed by atoms with Crippen molar-refractivity contribution in [3.63, 3.8) is 0 Å². The number of nitrogens with zero attached hydrogens (tertiary/aromatic N) is 2. The standard InChI is InChI=1S/C13H25N3O/c1-11(2)16(10-6-8-14)12(17)7-9-15-13(3,4)5/h11,15H,6-7,9-10H2,1-5H3. The summed E-state index contributed by atoms with van der Waals surface area (Å²) in [6.07, 6.45) is 0.886. The molecule has 0 spiro atoms. The van der Waals surface area contributed by atoms with Gasteiger partial charge in [0, 0.05) is 31.1 Å². The van der Waals surface area contributed by atoms with Gasteiger partial charge in [-0.3, -0.25) is 4.79 Å². The first-order valence-corrected chi connectivity index (χ1v) is 6.19. The van der Waals surface area contributed by atoms with E-state index in [1.54, 1.807) is 4.90 Å². The summed E-state index contributed by atoms with van der Waals surface area (Å²) >= 11 is 0. The Morgan fingerprint density at radius 3 is 2.41 bits per heavy atom. The minimum Gasteiger partial charge on any atom is -0.339 e. The fourth-order valence-corrected chi connectivity index (χ4v) is 1.53. The van der Waals surface area contributed by atoms with Crippen molar-refractivity contribution in [3.05, 3.63) is 0 Å². The number of carbonyl (C=O) groups is 1. The summed E-state index contributed by atoms with van der Waals surface area (Å²) in [6, 6.07) is 2.24. The van der Waals surface area contributed by atoms with Crippen LogP contribution >= 0.6 is 0 Å². The van der Waals surface area contributed by atoms with E-state index in [1.165, 1.54) is 0 Å². The monoisotopic (exact) mass is 239 g/mol. The Bertz CT molecular complexity index is 273. The van der Waals surface area contributed by atoms with E-state index in [1.807, 2.05) is 13.8 Å². The van der Waals surface area contributed by atoms with Gasteiger partial charge in [0.05, 0.1) is 12.5 Å². The van der Waals surface area contributed by atoms with E-state index in [0.29, 0.717) is 25.9 Å². The summed E-state index contributed by atoms with van der Waals surface area (Å²) in [6.45, 7) is 11.4. The Morgan fingerprint density at radius 2 is 2.00 bits per heavy atom. The topological polar surface area (TPSA) is 56.1 Å². The van der Waals surface area contributed by atoms with Gasteiger partial charge in [0.25, 0.3) is 0 Å². The van der Waals surface area contributed by atoms with Gasteiger partial charge in [0.2, 0.25) is 5.91 Å². The number of nitrogens with one attached hydrogen (secondary N) is 1. The fraction of sp³-hybridized carbons (Fsp3) is 0.846. The zero-order chi connectivity index (χ0) is 13.5. The Hall–Kier alpha value is -1.08. The van der Waals surface area contributed by atoms with Crippen molar-refractivity contribution in [2.24, 2.45) is 0 Å². The molecule has 0 unspecified atom stereocenters. The normalized spacial score (nSPS) is 11.4. The summed E-state index contributed by atoms with van der Waals surface area (Å²) in [5.41, 5.74) is 0.0373. The lowest BCUT2D eigenvalue weighted by Gasteiger charge is -2.27. The van der Waals surface area contributed by atoms with Crippen LogP contribution in [-0.4, -0.2) is 35.5 Å². The van der Waals surface area contributed by atoms with Crippen molar-refractivity contribution in [3.8, 4) is 6.07 Å². The third-order valence-corrected chi connectivity index (χ3v) is 2.40. The first kappa shape index (κ1) is 15.9. The van der Waals surface area contributed by atoms with Gasteiger partial charge in [0.15, 0.2) is 0 Å². The summed E-state index contributed by atoms with van der Waals surface area (Å²) in [4.78, 5) is 13.7. The zero-order valence-electron chi connectivity index (χ0n) is 11.7. The second-order valence-electron chi connectivity index (χ2n) is 5.52. The molecule has 1 N–H and O–H groups in total. The van der Waals surface area contributed by atoms with Crippen LogP contribution in [0.15, 0.2) is 0 Å². The predicted molar refractivity (Wildman–Crippen MR) is 69.5 cm³/mol. The van der Waals surface area contributed by atoms with E-state index in [9.17, 15) is 4.79 Å². The third-order valence-electron chi connectivity index (χ3n) is 2.40. The first-order chi connectivity index (χ1) is 7.78. The molecule has 17 heavy (non-hydrogen) atoms. The van der Waals surface area contributed by atoms with Crippen molar-refractivity contribution < 1.29 is 4.79 Å². The minimum absolute atomic E-state index is 0.0373. The predicted octanol–water partition coefficient (Wildman–Crippen LogP) is 1.92. The second-order valence-corrected chi connectivity index (χ2v) is 5.52. The Kier molecular flexibility index (Phi) is 6.82. The largest absolute Gasteiger partial charge is 0.339 e. The Balaban J connectivity index is 4.11. The number of hydrogen-bond acceptors (Lipinski definition) is 3.